The Morgan fingerprint density at radius 3 is 1.14 bits per heavy atom. The Morgan fingerprint density at radius 1 is 0.554 bits per heavy atom. The standard InChI is InChI=1S/C10H16N4O2.C8H13N5O2.C8H13N3O2.C6H10N4O2/c1-3-8(11)5-4-6-14-7-13(2)9(15)12-10(14)16;1-12-5-13(4-2-3-6(9)10)8(15)11-7(12)14;1-3-4-5-11-6-10(2)7(12)9-8(11)13;1-9-4-10(3-2-7)6(12)8-5(9)11/h7,11H,3-6H2,1-2H3;5H,2-4H2,1H3,(H3-,9,10,11,14,15);6H,3-5H2,1-2H3;4H,2-3,7H2,1H3/p+4. The van der Waals surface area contributed by atoms with Crippen molar-refractivity contribution in [1.82, 2.24) is 38.2 Å². The number of nitrogens with two attached hydrogens (primary N) is 2. The molecule has 0 saturated carbocycles. The van der Waals surface area contributed by atoms with Crippen molar-refractivity contribution < 1.29 is 18.3 Å². The lowest BCUT2D eigenvalue weighted by atomic mass is 10.2. The molecule has 308 valence electrons. The highest BCUT2D eigenvalue weighted by Gasteiger charge is 2.09. The molecule has 0 fully saturated rings. The summed E-state index contributed by atoms with van der Waals surface area (Å²) >= 11 is 0. The summed E-state index contributed by atoms with van der Waals surface area (Å²) in [5, 5.41) is 14.5. The van der Waals surface area contributed by atoms with Crippen LogP contribution in [-0.2, 0) is 54.4 Å². The number of aryl methyl sites for hydroxylation is 7. The summed E-state index contributed by atoms with van der Waals surface area (Å²) in [5.74, 6) is 0.0943. The van der Waals surface area contributed by atoms with Crippen LogP contribution in [-0.4, -0.2) is 56.3 Å². The van der Waals surface area contributed by atoms with E-state index in [0.717, 1.165) is 25.7 Å². The number of H-pyrrole nitrogens is 4. The van der Waals surface area contributed by atoms with Gasteiger partial charge in [-0.15, -0.1) is 0 Å². The minimum absolute atomic E-state index is 0.0943. The highest BCUT2D eigenvalue weighted by Crippen LogP contribution is 1.96. The van der Waals surface area contributed by atoms with E-state index in [9.17, 15) is 38.4 Å². The van der Waals surface area contributed by atoms with Gasteiger partial charge in [-0.3, -0.25) is 5.41 Å². The SMILES string of the molecule is CCC(=N)CCCn1c[n+](C)c(=O)[nH]c1=O.CCCCn1c[n+](C)c(=O)[nH]c1=O.C[n+]1cn(CCCC(=N)N)c(=O)[nH]c1=O.C[n+]1cn(CCN)c(=O)[nH]c1=O. The lowest BCUT2D eigenvalue weighted by molar-refractivity contribution is -0.694. The minimum atomic E-state index is -0.443. The monoisotopic (exact) mass is 792 g/mol. The number of unbranched alkanes of at least 4 members (excludes halogenated alkanes) is 1. The summed E-state index contributed by atoms with van der Waals surface area (Å²) in [6.45, 7) is 6.37. The van der Waals surface area contributed by atoms with E-state index < -0.39 is 34.1 Å². The largest absolute Gasteiger partial charge is 0.445 e. The molecular formula is C32H56N16O8+4. The molecule has 4 heterocycles. The Kier molecular flexibility index (Phi) is 20.4. The van der Waals surface area contributed by atoms with Gasteiger partial charge in [0.1, 0.15) is 0 Å². The van der Waals surface area contributed by atoms with Gasteiger partial charge in [-0.25, -0.2) is 74.9 Å². The van der Waals surface area contributed by atoms with Crippen molar-refractivity contribution >= 4 is 11.5 Å². The van der Waals surface area contributed by atoms with Gasteiger partial charge < -0.3 is 16.9 Å². The molecule has 4 aromatic rings. The first-order valence-electron chi connectivity index (χ1n) is 17.7. The Hall–Kier alpha value is -6.46. The molecule has 4 rings (SSSR count). The maximum absolute atomic E-state index is 11.4. The van der Waals surface area contributed by atoms with E-state index in [1.165, 1.54) is 61.8 Å². The van der Waals surface area contributed by atoms with Crippen molar-refractivity contribution in [1.29, 1.82) is 10.8 Å². The molecule has 0 radical (unpaired) electrons. The Balaban J connectivity index is 0.000000375. The minimum Gasteiger partial charge on any atom is -0.388 e. The van der Waals surface area contributed by atoms with Gasteiger partial charge in [0.25, 0.3) is 0 Å². The zero-order chi connectivity index (χ0) is 42.5. The topological polar surface area (TPSA) is 335 Å². The molecule has 0 bridgehead atoms. The summed E-state index contributed by atoms with van der Waals surface area (Å²) in [6.07, 6.45) is 11.0. The molecule has 0 aliphatic rings. The average molecular weight is 793 g/mol. The Bertz CT molecular complexity index is 2390. The van der Waals surface area contributed by atoms with Crippen molar-refractivity contribution in [2.45, 2.75) is 85.0 Å². The quantitative estimate of drug-likeness (QED) is 0.0340. The van der Waals surface area contributed by atoms with Crippen LogP contribution in [0.5, 0.6) is 0 Å². The van der Waals surface area contributed by atoms with Gasteiger partial charge in [0.2, 0.25) is 0 Å². The zero-order valence-electron chi connectivity index (χ0n) is 32.8. The number of hydrogen-bond donors (Lipinski definition) is 8. The first-order valence-corrected chi connectivity index (χ1v) is 17.7. The zero-order valence-corrected chi connectivity index (χ0v) is 32.8. The van der Waals surface area contributed by atoms with Gasteiger partial charge in [-0.2, -0.15) is 19.9 Å². The van der Waals surface area contributed by atoms with Crippen molar-refractivity contribution in [2.24, 2.45) is 39.7 Å². The summed E-state index contributed by atoms with van der Waals surface area (Å²) in [6, 6.07) is 0. The van der Waals surface area contributed by atoms with Crippen molar-refractivity contribution in [3.8, 4) is 0 Å². The maximum atomic E-state index is 11.4. The molecule has 0 aromatic carbocycles. The van der Waals surface area contributed by atoms with E-state index in [2.05, 4.69) is 26.9 Å². The van der Waals surface area contributed by atoms with Gasteiger partial charge in [-0.05, 0) is 32.1 Å². The molecule has 0 amide bonds. The summed E-state index contributed by atoms with van der Waals surface area (Å²) in [5.41, 5.74) is 7.86. The van der Waals surface area contributed by atoms with E-state index in [0.29, 0.717) is 57.7 Å². The molecule has 0 unspecified atom stereocenters. The van der Waals surface area contributed by atoms with Crippen LogP contribution >= 0.6 is 0 Å². The number of aromatic nitrogens is 12. The fraction of sp³-hybridized carbons (Fsp3) is 0.562. The van der Waals surface area contributed by atoms with Gasteiger partial charge in [0.05, 0.1) is 60.2 Å². The first kappa shape index (κ1) is 47.6. The number of amidine groups is 1. The summed E-state index contributed by atoms with van der Waals surface area (Å²) < 4.78 is 10.9. The van der Waals surface area contributed by atoms with Crippen LogP contribution < -0.4 is 75.3 Å². The first-order chi connectivity index (χ1) is 26.3. The Morgan fingerprint density at radius 2 is 0.857 bits per heavy atom. The van der Waals surface area contributed by atoms with E-state index in [1.54, 1.807) is 28.2 Å². The third-order valence-electron chi connectivity index (χ3n) is 7.70. The van der Waals surface area contributed by atoms with Gasteiger partial charge in [-0.1, -0.05) is 20.3 Å². The highest BCUT2D eigenvalue weighted by molar-refractivity contribution is 5.80. The molecule has 0 spiro atoms. The van der Waals surface area contributed by atoms with E-state index in [4.69, 9.17) is 22.3 Å². The molecule has 0 saturated heterocycles. The number of nitrogens with one attached hydrogen (secondary N) is 6. The lowest BCUT2D eigenvalue weighted by Gasteiger charge is -2.01. The van der Waals surface area contributed by atoms with Gasteiger partial charge >= 0.3 is 45.5 Å². The van der Waals surface area contributed by atoms with E-state index in [1.807, 2.05) is 6.92 Å². The molecule has 10 N–H and O–H groups in total. The number of aromatic amines is 4. The van der Waals surface area contributed by atoms with Crippen LogP contribution in [0.4, 0.5) is 0 Å². The lowest BCUT2D eigenvalue weighted by Crippen LogP contribution is -2.53. The molecule has 0 aliphatic heterocycles. The predicted octanol–water partition coefficient (Wildman–Crippen LogP) is -5.87. The molecule has 24 heteroatoms. The molecule has 0 atom stereocenters. The molecule has 24 nitrogen and oxygen atoms in total. The smallest absolute Gasteiger partial charge is 0.388 e. The summed E-state index contributed by atoms with van der Waals surface area (Å²) in [7, 11) is 6.31. The van der Waals surface area contributed by atoms with Crippen LogP contribution in [0.1, 0.15) is 58.8 Å². The highest BCUT2D eigenvalue weighted by atomic mass is 16.2. The van der Waals surface area contributed by atoms with Crippen molar-refractivity contribution in [3.05, 3.63) is 109 Å². The van der Waals surface area contributed by atoms with E-state index in [-0.39, 0.29) is 17.2 Å². The summed E-state index contributed by atoms with van der Waals surface area (Å²) in [4.78, 5) is 97.6. The van der Waals surface area contributed by atoms with E-state index >= 15 is 0 Å². The second-order valence-electron chi connectivity index (χ2n) is 12.5. The third kappa shape index (κ3) is 16.7. The fourth-order valence-corrected chi connectivity index (χ4v) is 4.45. The number of hydrogen-bond acceptors (Lipinski definition) is 11. The van der Waals surface area contributed by atoms with Crippen LogP contribution in [0, 0.1) is 10.8 Å². The Labute approximate surface area is 319 Å². The molecule has 4 aromatic heterocycles. The van der Waals surface area contributed by atoms with Crippen molar-refractivity contribution in [3.63, 3.8) is 0 Å². The van der Waals surface area contributed by atoms with Crippen LogP contribution in [0.3, 0.4) is 0 Å². The van der Waals surface area contributed by atoms with Crippen LogP contribution in [0.25, 0.3) is 0 Å². The molecule has 56 heavy (non-hydrogen) atoms. The molecule has 0 aliphatic carbocycles. The fourth-order valence-electron chi connectivity index (χ4n) is 4.45. The normalized spacial score (nSPS) is 10.3. The number of nitrogens with zero attached hydrogens (tertiary/aromatic N) is 8. The van der Waals surface area contributed by atoms with Crippen molar-refractivity contribution in [2.75, 3.05) is 6.54 Å². The predicted molar refractivity (Wildman–Crippen MR) is 202 cm³/mol. The molecular weight excluding hydrogens is 736 g/mol. The maximum Gasteiger partial charge on any atom is 0.445 e. The average Bonchev–Trinajstić information content (AvgIpc) is 3.13. The van der Waals surface area contributed by atoms with Crippen LogP contribution in [0.15, 0.2) is 63.7 Å². The van der Waals surface area contributed by atoms with Gasteiger partial charge in [0.15, 0.2) is 25.3 Å². The second-order valence-corrected chi connectivity index (χ2v) is 12.5. The number of rotatable bonds is 14. The van der Waals surface area contributed by atoms with Gasteiger partial charge in [0, 0.05) is 18.7 Å². The second kappa shape index (κ2) is 24.0. The third-order valence-corrected chi connectivity index (χ3v) is 7.70. The van der Waals surface area contributed by atoms with Crippen LogP contribution in [0.2, 0.25) is 0 Å².